The van der Waals surface area contributed by atoms with E-state index in [1.54, 1.807) is 7.11 Å². The van der Waals surface area contributed by atoms with Crippen molar-refractivity contribution in [2.45, 2.75) is 38.1 Å². The number of aliphatic hydroxyl groups excluding tert-OH is 1. The van der Waals surface area contributed by atoms with Crippen molar-refractivity contribution in [1.29, 1.82) is 0 Å². The van der Waals surface area contributed by atoms with Crippen LogP contribution in [0.3, 0.4) is 0 Å². The van der Waals surface area contributed by atoms with E-state index in [2.05, 4.69) is 5.32 Å². The molecule has 1 unspecified atom stereocenters. The average Bonchev–Trinajstić information content (AvgIpc) is 2.46. The minimum atomic E-state index is 0.179. The standard InChI is InChI=1S/C15H23NO2/c1-18-14-9-7-13(8-10-14)16-15(11-17)12-5-3-2-4-6-12/h7-10,12,15-17H,2-6,11H2,1H3. The van der Waals surface area contributed by atoms with Crippen LogP contribution in [0.25, 0.3) is 0 Å². The van der Waals surface area contributed by atoms with E-state index >= 15 is 0 Å². The van der Waals surface area contributed by atoms with Crippen molar-refractivity contribution >= 4 is 5.69 Å². The molecule has 1 aromatic rings. The van der Waals surface area contributed by atoms with E-state index in [0.29, 0.717) is 5.92 Å². The molecule has 3 nitrogen and oxygen atoms in total. The van der Waals surface area contributed by atoms with Crippen molar-refractivity contribution in [3.8, 4) is 5.75 Å². The SMILES string of the molecule is COc1ccc(NC(CO)C2CCCCC2)cc1. The van der Waals surface area contributed by atoms with E-state index < -0.39 is 0 Å². The third-order valence-corrected chi connectivity index (χ3v) is 3.86. The molecule has 1 fully saturated rings. The molecular weight excluding hydrogens is 226 g/mol. The fourth-order valence-electron chi connectivity index (χ4n) is 2.75. The van der Waals surface area contributed by atoms with Gasteiger partial charge >= 0.3 is 0 Å². The second-order valence-electron chi connectivity index (χ2n) is 5.06. The molecule has 0 spiro atoms. The second kappa shape index (κ2) is 6.64. The van der Waals surface area contributed by atoms with Crippen molar-refractivity contribution in [2.75, 3.05) is 19.0 Å². The largest absolute Gasteiger partial charge is 0.497 e. The molecule has 100 valence electrons. The molecule has 3 heteroatoms. The van der Waals surface area contributed by atoms with E-state index in [1.165, 1.54) is 32.1 Å². The van der Waals surface area contributed by atoms with Crippen molar-refractivity contribution in [3.05, 3.63) is 24.3 Å². The number of ether oxygens (including phenoxy) is 1. The lowest BCUT2D eigenvalue weighted by atomic mass is 9.84. The van der Waals surface area contributed by atoms with Crippen LogP contribution in [0, 0.1) is 5.92 Å². The first-order valence-corrected chi connectivity index (χ1v) is 6.85. The van der Waals surface area contributed by atoms with Crippen molar-refractivity contribution in [3.63, 3.8) is 0 Å². The summed E-state index contributed by atoms with van der Waals surface area (Å²) in [6.45, 7) is 0.205. The zero-order valence-electron chi connectivity index (χ0n) is 11.1. The number of benzene rings is 1. The van der Waals surface area contributed by atoms with Gasteiger partial charge in [0.25, 0.3) is 0 Å². The highest BCUT2D eigenvalue weighted by Crippen LogP contribution is 2.28. The topological polar surface area (TPSA) is 41.5 Å². The van der Waals surface area contributed by atoms with Gasteiger partial charge in [0.2, 0.25) is 0 Å². The summed E-state index contributed by atoms with van der Waals surface area (Å²) in [4.78, 5) is 0. The summed E-state index contributed by atoms with van der Waals surface area (Å²) in [6, 6.07) is 8.07. The van der Waals surface area contributed by atoms with E-state index in [0.717, 1.165) is 11.4 Å². The van der Waals surface area contributed by atoms with Crippen LogP contribution in [0.5, 0.6) is 5.75 Å². The first-order valence-electron chi connectivity index (χ1n) is 6.85. The van der Waals surface area contributed by atoms with Gasteiger partial charge in [0.1, 0.15) is 5.75 Å². The van der Waals surface area contributed by atoms with Crippen molar-refractivity contribution in [2.24, 2.45) is 5.92 Å². The third kappa shape index (κ3) is 3.39. The molecule has 2 rings (SSSR count). The van der Waals surface area contributed by atoms with Gasteiger partial charge in [-0.25, -0.2) is 0 Å². The molecule has 0 aliphatic heterocycles. The molecule has 0 saturated heterocycles. The van der Waals surface area contributed by atoms with Gasteiger partial charge in [0.15, 0.2) is 0 Å². The Bertz CT molecular complexity index is 344. The van der Waals surface area contributed by atoms with Gasteiger partial charge in [-0.2, -0.15) is 0 Å². The zero-order valence-corrected chi connectivity index (χ0v) is 11.1. The van der Waals surface area contributed by atoms with Gasteiger partial charge in [-0.1, -0.05) is 19.3 Å². The number of hydrogen-bond donors (Lipinski definition) is 2. The molecule has 2 N–H and O–H groups in total. The highest BCUT2D eigenvalue weighted by atomic mass is 16.5. The smallest absolute Gasteiger partial charge is 0.119 e. The Labute approximate surface area is 109 Å². The lowest BCUT2D eigenvalue weighted by Gasteiger charge is -2.30. The number of rotatable bonds is 5. The molecule has 0 radical (unpaired) electrons. The van der Waals surface area contributed by atoms with Crippen LogP contribution in [0.1, 0.15) is 32.1 Å². The minimum absolute atomic E-state index is 0.179. The van der Waals surface area contributed by atoms with E-state index in [-0.39, 0.29) is 12.6 Å². The normalized spacial score (nSPS) is 18.3. The minimum Gasteiger partial charge on any atom is -0.497 e. The molecule has 0 amide bonds. The molecule has 0 aromatic heterocycles. The van der Waals surface area contributed by atoms with Gasteiger partial charge in [0, 0.05) is 5.69 Å². The summed E-state index contributed by atoms with van der Waals surface area (Å²) in [6.07, 6.45) is 6.40. The van der Waals surface area contributed by atoms with Gasteiger partial charge in [-0.05, 0) is 43.0 Å². The van der Waals surface area contributed by atoms with Crippen LogP contribution in [0.15, 0.2) is 24.3 Å². The summed E-state index contributed by atoms with van der Waals surface area (Å²) in [5, 5.41) is 13.0. The maximum Gasteiger partial charge on any atom is 0.119 e. The molecular formula is C15H23NO2. The van der Waals surface area contributed by atoms with E-state index in [9.17, 15) is 5.11 Å². The summed E-state index contributed by atoms with van der Waals surface area (Å²) in [7, 11) is 1.67. The summed E-state index contributed by atoms with van der Waals surface area (Å²) < 4.78 is 5.14. The molecule has 0 bridgehead atoms. The second-order valence-corrected chi connectivity index (χ2v) is 5.06. The lowest BCUT2D eigenvalue weighted by Crippen LogP contribution is -2.33. The van der Waals surface area contributed by atoms with E-state index in [4.69, 9.17) is 4.74 Å². The van der Waals surface area contributed by atoms with Gasteiger partial charge in [-0.3, -0.25) is 0 Å². The Morgan fingerprint density at radius 2 is 1.89 bits per heavy atom. The molecule has 1 atom stereocenters. The molecule has 1 saturated carbocycles. The van der Waals surface area contributed by atoms with Crippen molar-refractivity contribution < 1.29 is 9.84 Å². The number of methoxy groups -OCH3 is 1. The Morgan fingerprint density at radius 1 is 1.22 bits per heavy atom. The van der Waals surface area contributed by atoms with Crippen LogP contribution in [0.2, 0.25) is 0 Å². The van der Waals surface area contributed by atoms with Crippen molar-refractivity contribution in [1.82, 2.24) is 0 Å². The van der Waals surface area contributed by atoms with Crippen LogP contribution < -0.4 is 10.1 Å². The first-order chi connectivity index (χ1) is 8.83. The monoisotopic (exact) mass is 249 g/mol. The summed E-state index contributed by atoms with van der Waals surface area (Å²) in [5.41, 5.74) is 1.06. The molecule has 1 aliphatic rings. The Kier molecular flexibility index (Phi) is 4.88. The zero-order chi connectivity index (χ0) is 12.8. The van der Waals surface area contributed by atoms with Crippen LogP contribution in [0.4, 0.5) is 5.69 Å². The van der Waals surface area contributed by atoms with Gasteiger partial charge in [0.05, 0.1) is 19.8 Å². The Morgan fingerprint density at radius 3 is 2.44 bits per heavy atom. The molecule has 18 heavy (non-hydrogen) atoms. The van der Waals surface area contributed by atoms with E-state index in [1.807, 2.05) is 24.3 Å². The predicted molar refractivity (Wildman–Crippen MR) is 74.1 cm³/mol. The molecule has 1 aliphatic carbocycles. The van der Waals surface area contributed by atoms with Crippen LogP contribution in [-0.2, 0) is 0 Å². The predicted octanol–water partition coefficient (Wildman–Crippen LogP) is 3.05. The number of aliphatic hydroxyl groups is 1. The highest BCUT2D eigenvalue weighted by molar-refractivity contribution is 5.47. The number of anilines is 1. The summed E-state index contributed by atoms with van der Waals surface area (Å²) in [5.74, 6) is 1.46. The van der Waals surface area contributed by atoms with Crippen LogP contribution in [-0.4, -0.2) is 24.9 Å². The van der Waals surface area contributed by atoms with Gasteiger partial charge < -0.3 is 15.2 Å². The quantitative estimate of drug-likeness (QED) is 0.842. The maximum absolute atomic E-state index is 9.55. The Hall–Kier alpha value is -1.22. The average molecular weight is 249 g/mol. The number of nitrogens with one attached hydrogen (secondary N) is 1. The summed E-state index contributed by atoms with van der Waals surface area (Å²) >= 11 is 0. The van der Waals surface area contributed by atoms with Gasteiger partial charge in [-0.15, -0.1) is 0 Å². The van der Waals surface area contributed by atoms with Crippen LogP contribution >= 0.6 is 0 Å². The third-order valence-electron chi connectivity index (χ3n) is 3.86. The molecule has 0 heterocycles. The highest BCUT2D eigenvalue weighted by Gasteiger charge is 2.22. The fourth-order valence-corrected chi connectivity index (χ4v) is 2.75. The first kappa shape index (κ1) is 13.2. The lowest BCUT2D eigenvalue weighted by molar-refractivity contribution is 0.209. The fraction of sp³-hybridized carbons (Fsp3) is 0.600. The molecule has 1 aromatic carbocycles. The Balaban J connectivity index is 1.95. The number of hydrogen-bond acceptors (Lipinski definition) is 3. The maximum atomic E-state index is 9.55.